The summed E-state index contributed by atoms with van der Waals surface area (Å²) in [6.45, 7) is 9.85. The Bertz CT molecular complexity index is 430. The van der Waals surface area contributed by atoms with E-state index in [0.29, 0.717) is 32.7 Å². The number of nitrogens with two attached hydrogens (primary N) is 1. The predicted molar refractivity (Wildman–Crippen MR) is 88.0 cm³/mol. The molecular weight excluding hydrogens is 296 g/mol. The fourth-order valence-corrected chi connectivity index (χ4v) is 3.06. The van der Waals surface area contributed by atoms with Gasteiger partial charge in [0.25, 0.3) is 0 Å². The molecule has 0 bridgehead atoms. The van der Waals surface area contributed by atoms with E-state index in [9.17, 15) is 9.59 Å². The molecular formula is C16H30N4O3. The maximum absolute atomic E-state index is 12.3. The first-order valence-corrected chi connectivity index (χ1v) is 8.50. The lowest BCUT2D eigenvalue weighted by Gasteiger charge is -2.41. The minimum atomic E-state index is -0.502. The molecule has 23 heavy (non-hydrogen) atoms. The van der Waals surface area contributed by atoms with E-state index in [0.717, 1.165) is 25.9 Å². The Morgan fingerprint density at radius 2 is 1.74 bits per heavy atom. The zero-order valence-electron chi connectivity index (χ0n) is 14.6. The summed E-state index contributed by atoms with van der Waals surface area (Å²) in [5.74, 6) is 0.173. The highest BCUT2D eigenvalue weighted by atomic mass is 16.6. The molecule has 0 aromatic heterocycles. The number of ether oxygens (including phenoxy) is 1. The van der Waals surface area contributed by atoms with E-state index in [2.05, 4.69) is 4.90 Å². The summed E-state index contributed by atoms with van der Waals surface area (Å²) in [6.07, 6.45) is 1.89. The molecule has 0 aliphatic carbocycles. The van der Waals surface area contributed by atoms with E-state index in [4.69, 9.17) is 10.5 Å². The van der Waals surface area contributed by atoms with Crippen LogP contribution in [0.2, 0.25) is 0 Å². The van der Waals surface area contributed by atoms with Crippen molar-refractivity contribution >= 4 is 12.0 Å². The van der Waals surface area contributed by atoms with Gasteiger partial charge in [0.15, 0.2) is 0 Å². The van der Waals surface area contributed by atoms with Gasteiger partial charge in [0.1, 0.15) is 5.60 Å². The maximum atomic E-state index is 12.3. The summed E-state index contributed by atoms with van der Waals surface area (Å²) in [6, 6.07) is 0.00261. The van der Waals surface area contributed by atoms with E-state index < -0.39 is 5.60 Å². The molecule has 0 radical (unpaired) electrons. The number of hydrogen-bond acceptors (Lipinski definition) is 5. The van der Waals surface area contributed by atoms with Crippen molar-refractivity contribution in [3.63, 3.8) is 0 Å². The fourth-order valence-electron chi connectivity index (χ4n) is 3.06. The topological polar surface area (TPSA) is 79.1 Å². The van der Waals surface area contributed by atoms with Crippen LogP contribution in [0.15, 0.2) is 0 Å². The van der Waals surface area contributed by atoms with E-state index >= 15 is 0 Å². The highest BCUT2D eigenvalue weighted by Crippen LogP contribution is 2.15. The minimum Gasteiger partial charge on any atom is -0.444 e. The molecule has 1 unspecified atom stereocenters. The van der Waals surface area contributed by atoms with Crippen LogP contribution in [0.1, 0.15) is 33.6 Å². The Labute approximate surface area is 138 Å². The zero-order valence-corrected chi connectivity index (χ0v) is 14.6. The Balaban J connectivity index is 1.88. The Morgan fingerprint density at radius 1 is 1.09 bits per heavy atom. The molecule has 7 nitrogen and oxygen atoms in total. The number of rotatable bonds is 3. The first kappa shape index (κ1) is 18.0. The van der Waals surface area contributed by atoms with Gasteiger partial charge in [0, 0.05) is 45.3 Å². The van der Waals surface area contributed by atoms with Gasteiger partial charge >= 0.3 is 6.09 Å². The summed E-state index contributed by atoms with van der Waals surface area (Å²) in [4.78, 5) is 30.2. The van der Waals surface area contributed by atoms with Crippen molar-refractivity contribution in [3.05, 3.63) is 0 Å². The molecule has 0 aromatic carbocycles. The van der Waals surface area contributed by atoms with Gasteiger partial charge in [0.05, 0.1) is 6.54 Å². The van der Waals surface area contributed by atoms with Crippen molar-refractivity contribution in [2.45, 2.75) is 45.3 Å². The van der Waals surface area contributed by atoms with Gasteiger partial charge in [-0.15, -0.1) is 0 Å². The highest BCUT2D eigenvalue weighted by molar-refractivity contribution is 5.78. The monoisotopic (exact) mass is 326 g/mol. The van der Waals surface area contributed by atoms with Crippen molar-refractivity contribution < 1.29 is 14.3 Å². The van der Waals surface area contributed by atoms with Crippen LogP contribution in [0.5, 0.6) is 0 Å². The lowest BCUT2D eigenvalue weighted by molar-refractivity contribution is -0.132. The van der Waals surface area contributed by atoms with Crippen molar-refractivity contribution in [2.75, 3.05) is 45.8 Å². The number of piperazine rings is 1. The molecule has 2 amide bonds. The molecule has 2 aliphatic heterocycles. The number of hydrogen-bond donors (Lipinski definition) is 1. The zero-order chi connectivity index (χ0) is 17.0. The maximum Gasteiger partial charge on any atom is 0.410 e. The first-order valence-electron chi connectivity index (χ1n) is 8.50. The van der Waals surface area contributed by atoms with Crippen molar-refractivity contribution in [2.24, 2.45) is 5.73 Å². The third kappa shape index (κ3) is 5.07. The fraction of sp³-hybridized carbons (Fsp3) is 0.875. The van der Waals surface area contributed by atoms with Crippen LogP contribution in [0.25, 0.3) is 0 Å². The molecule has 0 spiro atoms. The molecule has 2 N–H and O–H groups in total. The van der Waals surface area contributed by atoms with Crippen LogP contribution in [-0.2, 0) is 9.53 Å². The van der Waals surface area contributed by atoms with Crippen LogP contribution >= 0.6 is 0 Å². The third-order valence-corrected chi connectivity index (χ3v) is 4.33. The normalized spacial score (nSPS) is 23.2. The minimum absolute atomic E-state index is 0.00261. The highest BCUT2D eigenvalue weighted by Gasteiger charge is 2.33. The SMILES string of the molecule is CC(C)(C)OC(=O)N1CCN(CC(=O)N2CCCC2)C(CN)C1. The molecule has 0 saturated carbocycles. The molecule has 2 rings (SSSR count). The predicted octanol–water partition coefficient (Wildman–Crippen LogP) is 0.489. The van der Waals surface area contributed by atoms with Crippen molar-refractivity contribution in [3.8, 4) is 0 Å². The summed E-state index contributed by atoms with van der Waals surface area (Å²) in [5.41, 5.74) is 5.37. The summed E-state index contributed by atoms with van der Waals surface area (Å²) in [7, 11) is 0. The molecule has 2 saturated heterocycles. The van der Waals surface area contributed by atoms with Gasteiger partial charge in [-0.2, -0.15) is 0 Å². The lowest BCUT2D eigenvalue weighted by atomic mass is 10.1. The van der Waals surface area contributed by atoms with Crippen LogP contribution in [-0.4, -0.2) is 84.2 Å². The second-order valence-corrected chi connectivity index (χ2v) is 7.37. The first-order chi connectivity index (χ1) is 10.8. The smallest absolute Gasteiger partial charge is 0.410 e. The van der Waals surface area contributed by atoms with Gasteiger partial charge in [-0.3, -0.25) is 9.69 Å². The largest absolute Gasteiger partial charge is 0.444 e. The second-order valence-electron chi connectivity index (χ2n) is 7.37. The average Bonchev–Trinajstić information content (AvgIpc) is 3.00. The van der Waals surface area contributed by atoms with Gasteiger partial charge in [-0.05, 0) is 33.6 Å². The average molecular weight is 326 g/mol. The standard InChI is InChI=1S/C16H30N4O3/c1-16(2,3)23-15(22)20-9-8-19(13(10-17)11-20)12-14(21)18-6-4-5-7-18/h13H,4-12,17H2,1-3H3. The van der Waals surface area contributed by atoms with Crippen molar-refractivity contribution in [1.82, 2.24) is 14.7 Å². The molecule has 1 atom stereocenters. The number of nitrogens with zero attached hydrogens (tertiary/aromatic N) is 3. The summed E-state index contributed by atoms with van der Waals surface area (Å²) in [5, 5.41) is 0. The van der Waals surface area contributed by atoms with Gasteiger partial charge in [-0.1, -0.05) is 0 Å². The third-order valence-electron chi connectivity index (χ3n) is 4.33. The number of carbonyl (C=O) groups is 2. The number of carbonyl (C=O) groups excluding carboxylic acids is 2. The number of likely N-dealkylation sites (tertiary alicyclic amines) is 1. The Hall–Kier alpha value is -1.34. The lowest BCUT2D eigenvalue weighted by Crippen LogP contribution is -2.59. The molecule has 2 fully saturated rings. The van der Waals surface area contributed by atoms with Crippen LogP contribution in [0.4, 0.5) is 4.79 Å². The van der Waals surface area contributed by atoms with Gasteiger partial charge in [-0.25, -0.2) is 4.79 Å². The summed E-state index contributed by atoms with van der Waals surface area (Å²) >= 11 is 0. The number of amides is 2. The molecule has 0 aromatic rings. The van der Waals surface area contributed by atoms with E-state index in [1.807, 2.05) is 25.7 Å². The molecule has 2 heterocycles. The quantitative estimate of drug-likeness (QED) is 0.816. The molecule has 2 aliphatic rings. The van der Waals surface area contributed by atoms with E-state index in [-0.39, 0.29) is 18.0 Å². The van der Waals surface area contributed by atoms with Gasteiger partial charge < -0.3 is 20.3 Å². The van der Waals surface area contributed by atoms with Crippen LogP contribution < -0.4 is 5.73 Å². The van der Waals surface area contributed by atoms with Crippen molar-refractivity contribution in [1.29, 1.82) is 0 Å². The van der Waals surface area contributed by atoms with Crippen LogP contribution in [0, 0.1) is 0 Å². The van der Waals surface area contributed by atoms with E-state index in [1.165, 1.54) is 0 Å². The Morgan fingerprint density at radius 3 is 2.30 bits per heavy atom. The summed E-state index contributed by atoms with van der Waals surface area (Å²) < 4.78 is 5.42. The van der Waals surface area contributed by atoms with Gasteiger partial charge in [0.2, 0.25) is 5.91 Å². The van der Waals surface area contributed by atoms with Crippen LogP contribution in [0.3, 0.4) is 0 Å². The second kappa shape index (κ2) is 7.49. The Kier molecular flexibility index (Phi) is 5.86. The molecule has 132 valence electrons. The van der Waals surface area contributed by atoms with E-state index in [1.54, 1.807) is 4.90 Å². The molecule has 7 heteroatoms.